The summed E-state index contributed by atoms with van der Waals surface area (Å²) in [5.41, 5.74) is 0.786. The monoisotopic (exact) mass is 368 g/mol. The third-order valence-corrected chi connectivity index (χ3v) is 5.17. The van der Waals surface area contributed by atoms with Crippen molar-refractivity contribution < 1.29 is 14.6 Å². The molecule has 0 radical (unpaired) electrons. The van der Waals surface area contributed by atoms with Crippen LogP contribution in [0.1, 0.15) is 24.4 Å². The van der Waals surface area contributed by atoms with Crippen LogP contribution in [0.5, 0.6) is 5.75 Å². The molecule has 0 bridgehead atoms. The Balaban J connectivity index is 1.39. The quantitative estimate of drug-likeness (QED) is 0.803. The molecule has 0 amide bonds. The van der Waals surface area contributed by atoms with Crippen LogP contribution in [0.4, 0.5) is 5.82 Å². The van der Waals surface area contributed by atoms with E-state index in [1.165, 1.54) is 12.8 Å². The zero-order valence-corrected chi connectivity index (χ0v) is 15.2. The van der Waals surface area contributed by atoms with E-state index in [0.29, 0.717) is 19.0 Å². The Hall–Kier alpha value is -2.67. The number of carboxylic acids is 1. The number of piperazine rings is 1. The van der Waals surface area contributed by atoms with Crippen LogP contribution in [-0.4, -0.2) is 58.7 Å². The molecule has 7 heteroatoms. The molecule has 1 saturated carbocycles. The van der Waals surface area contributed by atoms with Crippen molar-refractivity contribution in [1.82, 2.24) is 14.9 Å². The van der Waals surface area contributed by atoms with Crippen molar-refractivity contribution in [2.24, 2.45) is 5.92 Å². The zero-order chi connectivity index (χ0) is 18.6. The number of carbonyl (C=O) groups is 1. The minimum Gasteiger partial charge on any atom is -0.493 e. The smallest absolute Gasteiger partial charge is 0.325 e. The van der Waals surface area contributed by atoms with Crippen LogP contribution < -0.4 is 9.64 Å². The number of nitrogens with zero attached hydrogens (tertiary/aromatic N) is 4. The second-order valence-electron chi connectivity index (χ2n) is 7.15. The van der Waals surface area contributed by atoms with Gasteiger partial charge < -0.3 is 14.7 Å². The minimum atomic E-state index is -0.824. The van der Waals surface area contributed by atoms with E-state index in [-0.39, 0.29) is 0 Å². The molecular weight excluding hydrogens is 344 g/mol. The fourth-order valence-corrected chi connectivity index (χ4v) is 3.42. The summed E-state index contributed by atoms with van der Waals surface area (Å²) in [7, 11) is 0. The molecule has 1 aromatic heterocycles. The summed E-state index contributed by atoms with van der Waals surface area (Å²) < 4.78 is 5.75. The Morgan fingerprint density at radius 3 is 2.48 bits per heavy atom. The Morgan fingerprint density at radius 1 is 1.15 bits per heavy atom. The molecule has 2 aromatic rings. The Labute approximate surface area is 158 Å². The maximum atomic E-state index is 12.0. The lowest BCUT2D eigenvalue weighted by molar-refractivity contribution is -0.143. The number of hydrogen-bond donors (Lipinski definition) is 1. The summed E-state index contributed by atoms with van der Waals surface area (Å²) in [5.74, 6) is 1.51. The third kappa shape index (κ3) is 4.36. The zero-order valence-electron chi connectivity index (χ0n) is 15.2. The summed E-state index contributed by atoms with van der Waals surface area (Å²) in [5, 5.41) is 9.81. The molecule has 1 aromatic carbocycles. The highest BCUT2D eigenvalue weighted by Gasteiger charge is 2.30. The highest BCUT2D eigenvalue weighted by atomic mass is 16.5. The molecule has 1 saturated heterocycles. The number of aromatic nitrogens is 2. The Bertz CT molecular complexity index is 757. The van der Waals surface area contributed by atoms with Crippen molar-refractivity contribution in [3.63, 3.8) is 0 Å². The molecule has 1 unspecified atom stereocenters. The Kier molecular flexibility index (Phi) is 5.20. The lowest BCUT2D eigenvalue weighted by Crippen LogP contribution is -2.49. The fourth-order valence-electron chi connectivity index (χ4n) is 3.42. The topological polar surface area (TPSA) is 78.8 Å². The van der Waals surface area contributed by atoms with E-state index in [0.717, 1.165) is 36.8 Å². The first kappa shape index (κ1) is 17.7. The van der Waals surface area contributed by atoms with Gasteiger partial charge in [0.05, 0.1) is 12.8 Å². The first-order chi connectivity index (χ1) is 13.2. The molecule has 1 N–H and O–H groups in total. The summed E-state index contributed by atoms with van der Waals surface area (Å²) in [6, 6.07) is 6.85. The van der Waals surface area contributed by atoms with Crippen LogP contribution in [-0.2, 0) is 4.79 Å². The maximum absolute atomic E-state index is 12.0. The van der Waals surface area contributed by atoms with Crippen LogP contribution in [0.2, 0.25) is 0 Å². The highest BCUT2D eigenvalue weighted by Crippen LogP contribution is 2.30. The third-order valence-electron chi connectivity index (χ3n) is 5.17. The van der Waals surface area contributed by atoms with Crippen molar-refractivity contribution in [3.05, 3.63) is 48.4 Å². The van der Waals surface area contributed by atoms with Gasteiger partial charge in [-0.05, 0) is 36.5 Å². The van der Waals surface area contributed by atoms with Gasteiger partial charge in [-0.25, -0.2) is 4.98 Å². The van der Waals surface area contributed by atoms with Crippen LogP contribution in [0, 0.1) is 5.92 Å². The van der Waals surface area contributed by atoms with E-state index >= 15 is 0 Å². The van der Waals surface area contributed by atoms with Gasteiger partial charge in [0.15, 0.2) is 0 Å². The van der Waals surface area contributed by atoms with Gasteiger partial charge in [-0.2, -0.15) is 0 Å². The lowest BCUT2D eigenvalue weighted by atomic mass is 10.0. The van der Waals surface area contributed by atoms with Crippen LogP contribution in [0.15, 0.2) is 42.9 Å². The second kappa shape index (κ2) is 7.92. The first-order valence-electron chi connectivity index (χ1n) is 9.41. The summed E-state index contributed by atoms with van der Waals surface area (Å²) in [4.78, 5) is 24.5. The van der Waals surface area contributed by atoms with Crippen molar-refractivity contribution in [1.29, 1.82) is 0 Å². The molecule has 2 fully saturated rings. The van der Waals surface area contributed by atoms with Gasteiger partial charge in [0.2, 0.25) is 0 Å². The summed E-state index contributed by atoms with van der Waals surface area (Å²) in [6.45, 7) is 3.53. The van der Waals surface area contributed by atoms with Gasteiger partial charge in [-0.3, -0.25) is 14.7 Å². The van der Waals surface area contributed by atoms with E-state index in [2.05, 4.69) is 14.9 Å². The largest absolute Gasteiger partial charge is 0.493 e. The van der Waals surface area contributed by atoms with Crippen LogP contribution >= 0.6 is 0 Å². The number of hydrogen-bond acceptors (Lipinski definition) is 6. The average molecular weight is 368 g/mol. The van der Waals surface area contributed by atoms with Gasteiger partial charge in [-0.1, -0.05) is 12.1 Å². The second-order valence-corrected chi connectivity index (χ2v) is 7.15. The molecule has 142 valence electrons. The SMILES string of the molecule is O=C(O)C(c1ccc(OCC2CC2)cc1)N1CCN(c2cnccn2)CC1. The normalized spacial score (nSPS) is 18.9. The van der Waals surface area contributed by atoms with E-state index < -0.39 is 12.0 Å². The Morgan fingerprint density at radius 2 is 1.89 bits per heavy atom. The lowest BCUT2D eigenvalue weighted by Gasteiger charge is -2.38. The molecule has 2 heterocycles. The highest BCUT2D eigenvalue weighted by molar-refractivity contribution is 5.75. The molecule has 1 aliphatic carbocycles. The molecule has 4 rings (SSSR count). The van der Waals surface area contributed by atoms with E-state index in [4.69, 9.17) is 4.74 Å². The van der Waals surface area contributed by atoms with Crippen molar-refractivity contribution in [2.75, 3.05) is 37.7 Å². The van der Waals surface area contributed by atoms with Crippen molar-refractivity contribution in [3.8, 4) is 5.75 Å². The number of carboxylic acid groups (broad SMARTS) is 1. The molecular formula is C20H24N4O3. The van der Waals surface area contributed by atoms with E-state index in [1.54, 1.807) is 18.6 Å². The molecule has 27 heavy (non-hydrogen) atoms. The van der Waals surface area contributed by atoms with Crippen molar-refractivity contribution >= 4 is 11.8 Å². The first-order valence-corrected chi connectivity index (χ1v) is 9.41. The van der Waals surface area contributed by atoms with Gasteiger partial charge in [0, 0.05) is 38.6 Å². The molecule has 7 nitrogen and oxygen atoms in total. The van der Waals surface area contributed by atoms with Gasteiger partial charge >= 0.3 is 5.97 Å². The van der Waals surface area contributed by atoms with E-state index in [1.807, 2.05) is 29.2 Å². The predicted molar refractivity (Wildman–Crippen MR) is 101 cm³/mol. The molecule has 0 spiro atoms. The summed E-state index contributed by atoms with van der Waals surface area (Å²) >= 11 is 0. The standard InChI is InChI=1S/C20H24N4O3/c25-20(26)19(16-3-5-17(6-4-16)27-14-15-1-2-15)24-11-9-23(10-12-24)18-13-21-7-8-22-18/h3-8,13,15,19H,1-2,9-12,14H2,(H,25,26). The van der Waals surface area contributed by atoms with E-state index in [9.17, 15) is 9.90 Å². The van der Waals surface area contributed by atoms with Gasteiger partial charge in [0.1, 0.15) is 17.6 Å². The van der Waals surface area contributed by atoms with Gasteiger partial charge in [-0.15, -0.1) is 0 Å². The number of aliphatic carboxylic acids is 1. The predicted octanol–water partition coefficient (Wildman–Crippen LogP) is 2.21. The minimum absolute atomic E-state index is 0.647. The van der Waals surface area contributed by atoms with Crippen LogP contribution in [0.25, 0.3) is 0 Å². The molecule has 1 atom stereocenters. The number of anilines is 1. The molecule has 1 aliphatic heterocycles. The van der Waals surface area contributed by atoms with Gasteiger partial charge in [0.25, 0.3) is 0 Å². The van der Waals surface area contributed by atoms with Crippen molar-refractivity contribution in [2.45, 2.75) is 18.9 Å². The number of ether oxygens (including phenoxy) is 1. The number of benzene rings is 1. The molecule has 2 aliphatic rings. The fraction of sp³-hybridized carbons (Fsp3) is 0.450. The average Bonchev–Trinajstić information content (AvgIpc) is 3.53. The maximum Gasteiger partial charge on any atom is 0.325 e. The summed E-state index contributed by atoms with van der Waals surface area (Å²) in [6.07, 6.45) is 7.57. The van der Waals surface area contributed by atoms with Crippen LogP contribution in [0.3, 0.4) is 0 Å². The number of rotatable bonds is 7.